The lowest BCUT2D eigenvalue weighted by molar-refractivity contribution is 0.153. The Hall–Kier alpha value is -2.31. The summed E-state index contributed by atoms with van der Waals surface area (Å²) in [4.78, 5) is 4.44. The van der Waals surface area contributed by atoms with Crippen LogP contribution in [0.5, 0.6) is 0 Å². The summed E-state index contributed by atoms with van der Waals surface area (Å²) in [6, 6.07) is 1.42. The molecule has 0 aliphatic rings. The molecule has 0 aliphatic heterocycles. The molecule has 0 atom stereocenters. The van der Waals surface area contributed by atoms with Gasteiger partial charge in [-0.25, -0.2) is 13.8 Å². The van der Waals surface area contributed by atoms with Crippen molar-refractivity contribution in [2.24, 2.45) is 14.1 Å². The predicted molar refractivity (Wildman–Crippen MR) is 70.4 cm³/mol. The SMILES string of the molecule is Cc1nn(C)cc1-c1cc(C(F)F)c2cnn(C)c2n1. The highest BCUT2D eigenvalue weighted by molar-refractivity contribution is 5.82. The Labute approximate surface area is 113 Å². The summed E-state index contributed by atoms with van der Waals surface area (Å²) in [6.07, 6.45) is 0.624. The summed E-state index contributed by atoms with van der Waals surface area (Å²) >= 11 is 0. The van der Waals surface area contributed by atoms with Crippen LogP contribution in [0.15, 0.2) is 18.5 Å². The largest absolute Gasteiger partial charge is 0.275 e. The van der Waals surface area contributed by atoms with E-state index in [2.05, 4.69) is 15.2 Å². The second-order valence-electron chi connectivity index (χ2n) is 4.70. The first kappa shape index (κ1) is 12.7. The standard InChI is InChI=1S/C13H13F2N5/c1-7-10(6-19(2)18-7)11-4-8(12(14)15)9-5-16-20(3)13(9)17-11/h4-6,12H,1-3H3. The molecule has 7 heteroatoms. The van der Waals surface area contributed by atoms with E-state index in [9.17, 15) is 8.78 Å². The van der Waals surface area contributed by atoms with Crippen LogP contribution in [-0.2, 0) is 14.1 Å². The van der Waals surface area contributed by atoms with Gasteiger partial charge in [-0.2, -0.15) is 10.2 Å². The summed E-state index contributed by atoms with van der Waals surface area (Å²) in [5.74, 6) is 0. The van der Waals surface area contributed by atoms with Crippen molar-refractivity contribution in [2.75, 3.05) is 0 Å². The van der Waals surface area contributed by atoms with Crippen molar-refractivity contribution in [1.29, 1.82) is 0 Å². The van der Waals surface area contributed by atoms with E-state index in [1.54, 1.807) is 25.0 Å². The topological polar surface area (TPSA) is 48.5 Å². The van der Waals surface area contributed by atoms with Gasteiger partial charge in [0.25, 0.3) is 6.43 Å². The number of pyridine rings is 1. The van der Waals surface area contributed by atoms with Crippen LogP contribution in [0.4, 0.5) is 8.78 Å². The van der Waals surface area contributed by atoms with Gasteiger partial charge in [0.05, 0.1) is 17.6 Å². The van der Waals surface area contributed by atoms with Crippen molar-refractivity contribution < 1.29 is 8.78 Å². The van der Waals surface area contributed by atoms with Crippen molar-refractivity contribution in [1.82, 2.24) is 24.5 Å². The minimum atomic E-state index is -2.57. The molecule has 20 heavy (non-hydrogen) atoms. The van der Waals surface area contributed by atoms with Crippen LogP contribution in [-0.4, -0.2) is 24.5 Å². The van der Waals surface area contributed by atoms with Gasteiger partial charge in [0, 0.05) is 36.8 Å². The van der Waals surface area contributed by atoms with E-state index in [1.165, 1.54) is 16.9 Å². The second-order valence-corrected chi connectivity index (χ2v) is 4.70. The highest BCUT2D eigenvalue weighted by Gasteiger charge is 2.19. The summed E-state index contributed by atoms with van der Waals surface area (Å²) in [5.41, 5.74) is 2.38. The third-order valence-electron chi connectivity index (χ3n) is 3.26. The van der Waals surface area contributed by atoms with Gasteiger partial charge in [-0.3, -0.25) is 9.36 Å². The van der Waals surface area contributed by atoms with Gasteiger partial charge in [-0.1, -0.05) is 0 Å². The molecule has 3 aromatic rings. The Morgan fingerprint density at radius 2 is 2.00 bits per heavy atom. The maximum Gasteiger partial charge on any atom is 0.264 e. The summed E-state index contributed by atoms with van der Waals surface area (Å²) in [7, 11) is 3.47. The number of halogens is 2. The lowest BCUT2D eigenvalue weighted by atomic mass is 10.1. The molecule has 0 saturated heterocycles. The molecule has 3 heterocycles. The third kappa shape index (κ3) is 1.86. The molecule has 0 aromatic carbocycles. The van der Waals surface area contributed by atoms with Crippen LogP contribution in [0.3, 0.4) is 0 Å². The summed E-state index contributed by atoms with van der Waals surface area (Å²) < 4.78 is 29.6. The molecule has 0 radical (unpaired) electrons. The lowest BCUT2D eigenvalue weighted by Crippen LogP contribution is -1.96. The molecule has 5 nitrogen and oxygen atoms in total. The lowest BCUT2D eigenvalue weighted by Gasteiger charge is -2.06. The van der Waals surface area contributed by atoms with Gasteiger partial charge >= 0.3 is 0 Å². The van der Waals surface area contributed by atoms with Crippen LogP contribution >= 0.6 is 0 Å². The third-order valence-corrected chi connectivity index (χ3v) is 3.26. The first-order chi connectivity index (χ1) is 9.47. The zero-order valence-electron chi connectivity index (χ0n) is 11.3. The molecular weight excluding hydrogens is 264 g/mol. The molecule has 3 aromatic heterocycles. The minimum Gasteiger partial charge on any atom is -0.275 e. The monoisotopic (exact) mass is 277 g/mol. The first-order valence-corrected chi connectivity index (χ1v) is 6.09. The first-order valence-electron chi connectivity index (χ1n) is 6.09. The Morgan fingerprint density at radius 3 is 2.60 bits per heavy atom. The molecule has 0 fully saturated rings. The average molecular weight is 277 g/mol. The van der Waals surface area contributed by atoms with Gasteiger partial charge < -0.3 is 0 Å². The highest BCUT2D eigenvalue weighted by atomic mass is 19.3. The maximum atomic E-state index is 13.2. The van der Waals surface area contributed by atoms with Gasteiger partial charge in [-0.15, -0.1) is 0 Å². The van der Waals surface area contributed by atoms with E-state index in [-0.39, 0.29) is 5.56 Å². The number of aryl methyl sites for hydroxylation is 3. The average Bonchev–Trinajstić information content (AvgIpc) is 2.92. The fraction of sp³-hybridized carbons (Fsp3) is 0.308. The number of alkyl halides is 2. The normalized spacial score (nSPS) is 11.7. The maximum absolute atomic E-state index is 13.2. The Bertz CT molecular complexity index is 788. The molecule has 0 N–H and O–H groups in total. The van der Waals surface area contributed by atoms with Gasteiger partial charge in [0.2, 0.25) is 0 Å². The van der Waals surface area contributed by atoms with Crippen LogP contribution in [0, 0.1) is 6.92 Å². The summed E-state index contributed by atoms with van der Waals surface area (Å²) in [6.45, 7) is 1.83. The summed E-state index contributed by atoms with van der Waals surface area (Å²) in [5, 5.41) is 8.60. The molecule has 0 bridgehead atoms. The number of fused-ring (bicyclic) bond motifs is 1. The van der Waals surface area contributed by atoms with Crippen molar-refractivity contribution in [3.8, 4) is 11.3 Å². The predicted octanol–water partition coefficient (Wildman–Crippen LogP) is 2.61. The van der Waals surface area contributed by atoms with E-state index in [0.717, 1.165) is 11.3 Å². The number of hydrogen-bond donors (Lipinski definition) is 0. The van der Waals surface area contributed by atoms with E-state index in [0.29, 0.717) is 16.7 Å². The second kappa shape index (κ2) is 4.36. The fourth-order valence-electron chi connectivity index (χ4n) is 2.31. The van der Waals surface area contributed by atoms with Crippen LogP contribution < -0.4 is 0 Å². The van der Waals surface area contributed by atoms with E-state index >= 15 is 0 Å². The zero-order chi connectivity index (χ0) is 14.4. The number of aromatic nitrogens is 5. The molecule has 0 unspecified atom stereocenters. The smallest absolute Gasteiger partial charge is 0.264 e. The Morgan fingerprint density at radius 1 is 1.25 bits per heavy atom. The van der Waals surface area contributed by atoms with Crippen LogP contribution in [0.1, 0.15) is 17.7 Å². The molecule has 0 amide bonds. The van der Waals surface area contributed by atoms with E-state index < -0.39 is 6.43 Å². The van der Waals surface area contributed by atoms with E-state index in [4.69, 9.17) is 0 Å². The quantitative estimate of drug-likeness (QED) is 0.723. The van der Waals surface area contributed by atoms with Crippen molar-refractivity contribution >= 4 is 11.0 Å². The molecule has 0 spiro atoms. The Balaban J connectivity index is 2.31. The molecule has 3 rings (SSSR count). The van der Waals surface area contributed by atoms with Crippen LogP contribution in [0.2, 0.25) is 0 Å². The van der Waals surface area contributed by atoms with Gasteiger partial charge in [-0.05, 0) is 13.0 Å². The van der Waals surface area contributed by atoms with Crippen molar-refractivity contribution in [3.05, 3.63) is 29.7 Å². The van der Waals surface area contributed by atoms with Crippen molar-refractivity contribution in [2.45, 2.75) is 13.3 Å². The Kier molecular flexibility index (Phi) is 2.77. The minimum absolute atomic E-state index is 0.0543. The van der Waals surface area contributed by atoms with Gasteiger partial charge in [0.15, 0.2) is 5.65 Å². The van der Waals surface area contributed by atoms with Gasteiger partial charge in [0.1, 0.15) is 0 Å². The zero-order valence-corrected chi connectivity index (χ0v) is 11.3. The van der Waals surface area contributed by atoms with E-state index in [1.807, 2.05) is 6.92 Å². The number of hydrogen-bond acceptors (Lipinski definition) is 3. The van der Waals surface area contributed by atoms with Crippen molar-refractivity contribution in [3.63, 3.8) is 0 Å². The molecule has 0 aliphatic carbocycles. The molecular formula is C13H13F2N5. The molecule has 0 saturated carbocycles. The molecule has 104 valence electrons. The number of rotatable bonds is 2. The highest BCUT2D eigenvalue weighted by Crippen LogP contribution is 2.31. The number of nitrogens with zero attached hydrogens (tertiary/aromatic N) is 5. The van der Waals surface area contributed by atoms with Crippen LogP contribution in [0.25, 0.3) is 22.3 Å². The fourth-order valence-corrected chi connectivity index (χ4v) is 2.31.